The maximum Gasteiger partial charge on any atom is 0.418 e. The Balaban J connectivity index is 1.77. The molecule has 8 heteroatoms. The Labute approximate surface area is 152 Å². The minimum Gasteiger partial charge on any atom is -0.325 e. The highest BCUT2D eigenvalue weighted by atomic mass is 32.2. The van der Waals surface area contributed by atoms with E-state index in [0.717, 1.165) is 17.1 Å². The van der Waals surface area contributed by atoms with Gasteiger partial charge in [0.05, 0.1) is 27.5 Å². The molecule has 4 nitrogen and oxygen atoms in total. The zero-order valence-corrected chi connectivity index (χ0v) is 14.9. The SMILES string of the molecule is CC(Sc1nc2ccccc2n1C)C(=O)Nc1ccccc1C(F)(F)F. The summed E-state index contributed by atoms with van der Waals surface area (Å²) in [5, 5.41) is 2.38. The first-order valence-electron chi connectivity index (χ1n) is 7.82. The monoisotopic (exact) mass is 379 g/mol. The van der Waals surface area contributed by atoms with E-state index in [1.807, 2.05) is 35.9 Å². The molecule has 1 aromatic heterocycles. The number of para-hydroxylation sites is 3. The molecule has 1 amide bonds. The van der Waals surface area contributed by atoms with Gasteiger partial charge < -0.3 is 9.88 Å². The first-order valence-corrected chi connectivity index (χ1v) is 8.70. The zero-order valence-electron chi connectivity index (χ0n) is 14.0. The molecule has 136 valence electrons. The predicted octanol–water partition coefficient (Wildman–Crippen LogP) is 4.71. The van der Waals surface area contributed by atoms with Crippen molar-refractivity contribution in [1.82, 2.24) is 9.55 Å². The molecule has 0 aliphatic carbocycles. The number of benzene rings is 2. The topological polar surface area (TPSA) is 46.9 Å². The largest absolute Gasteiger partial charge is 0.418 e. The first-order chi connectivity index (χ1) is 12.3. The molecule has 0 saturated carbocycles. The van der Waals surface area contributed by atoms with E-state index in [4.69, 9.17) is 0 Å². The van der Waals surface area contributed by atoms with Crippen molar-refractivity contribution in [1.29, 1.82) is 0 Å². The summed E-state index contributed by atoms with van der Waals surface area (Å²) >= 11 is 1.20. The minimum absolute atomic E-state index is 0.248. The summed E-state index contributed by atoms with van der Waals surface area (Å²) in [6.45, 7) is 1.63. The van der Waals surface area contributed by atoms with Crippen LogP contribution in [0.5, 0.6) is 0 Å². The van der Waals surface area contributed by atoms with Gasteiger partial charge in [-0.05, 0) is 31.2 Å². The van der Waals surface area contributed by atoms with Gasteiger partial charge in [-0.1, -0.05) is 36.0 Å². The molecule has 0 radical (unpaired) electrons. The number of anilines is 1. The Morgan fingerprint density at radius 1 is 1.15 bits per heavy atom. The standard InChI is InChI=1S/C18H16F3N3OS/c1-11(26-17-23-14-9-5-6-10-15(14)24(17)2)16(25)22-13-8-4-3-7-12(13)18(19,20)21/h3-11H,1-2H3,(H,22,25). The molecule has 1 N–H and O–H groups in total. The lowest BCUT2D eigenvalue weighted by Gasteiger charge is -2.16. The van der Waals surface area contributed by atoms with Gasteiger partial charge >= 0.3 is 6.18 Å². The van der Waals surface area contributed by atoms with E-state index < -0.39 is 22.9 Å². The Bertz CT molecular complexity index is 952. The van der Waals surface area contributed by atoms with Crippen LogP contribution in [-0.4, -0.2) is 20.7 Å². The van der Waals surface area contributed by atoms with E-state index >= 15 is 0 Å². The van der Waals surface area contributed by atoms with Crippen LogP contribution in [0.1, 0.15) is 12.5 Å². The molecule has 26 heavy (non-hydrogen) atoms. The van der Waals surface area contributed by atoms with Crippen molar-refractivity contribution in [2.24, 2.45) is 7.05 Å². The maximum absolute atomic E-state index is 13.0. The van der Waals surface area contributed by atoms with Crippen molar-refractivity contribution in [2.75, 3.05) is 5.32 Å². The average Bonchev–Trinajstić information content (AvgIpc) is 2.90. The van der Waals surface area contributed by atoms with Crippen LogP contribution in [0.2, 0.25) is 0 Å². The van der Waals surface area contributed by atoms with Gasteiger partial charge in [0.25, 0.3) is 0 Å². The lowest BCUT2D eigenvalue weighted by Crippen LogP contribution is -2.24. The van der Waals surface area contributed by atoms with Crippen LogP contribution >= 0.6 is 11.8 Å². The third kappa shape index (κ3) is 3.70. The highest BCUT2D eigenvalue weighted by molar-refractivity contribution is 8.00. The smallest absolute Gasteiger partial charge is 0.325 e. The number of nitrogens with zero attached hydrogens (tertiary/aromatic N) is 2. The number of carbonyl (C=O) groups is 1. The Morgan fingerprint density at radius 2 is 1.81 bits per heavy atom. The zero-order chi connectivity index (χ0) is 18.9. The van der Waals surface area contributed by atoms with E-state index in [9.17, 15) is 18.0 Å². The molecule has 0 aliphatic rings. The van der Waals surface area contributed by atoms with E-state index in [0.29, 0.717) is 5.16 Å². The molecule has 2 aromatic carbocycles. The van der Waals surface area contributed by atoms with Gasteiger partial charge in [0.15, 0.2) is 5.16 Å². The van der Waals surface area contributed by atoms with E-state index in [1.54, 1.807) is 6.92 Å². The Kier molecular flexibility index (Phi) is 4.95. The normalized spacial score (nSPS) is 13.0. The summed E-state index contributed by atoms with van der Waals surface area (Å²) < 4.78 is 41.0. The molecular weight excluding hydrogens is 363 g/mol. The average molecular weight is 379 g/mol. The van der Waals surface area contributed by atoms with Crippen molar-refractivity contribution in [3.8, 4) is 0 Å². The van der Waals surface area contributed by atoms with Crippen LogP contribution in [0, 0.1) is 0 Å². The number of thioether (sulfide) groups is 1. The fraction of sp³-hybridized carbons (Fsp3) is 0.222. The summed E-state index contributed by atoms with van der Waals surface area (Å²) in [5.41, 5.74) is 0.605. The Hall–Kier alpha value is -2.48. The highest BCUT2D eigenvalue weighted by Crippen LogP contribution is 2.35. The predicted molar refractivity (Wildman–Crippen MR) is 96.1 cm³/mol. The number of alkyl halides is 3. The Morgan fingerprint density at radius 3 is 2.50 bits per heavy atom. The molecule has 3 aromatic rings. The van der Waals surface area contributed by atoms with Gasteiger partial charge in [-0.2, -0.15) is 13.2 Å². The molecule has 1 heterocycles. The molecule has 1 atom stereocenters. The third-order valence-electron chi connectivity index (χ3n) is 3.89. The third-order valence-corrected chi connectivity index (χ3v) is 5.03. The number of carbonyl (C=O) groups excluding carboxylic acids is 1. The fourth-order valence-electron chi connectivity index (χ4n) is 2.51. The van der Waals surface area contributed by atoms with Crippen LogP contribution in [0.3, 0.4) is 0 Å². The van der Waals surface area contributed by atoms with Gasteiger partial charge in [-0.15, -0.1) is 0 Å². The number of aromatic nitrogens is 2. The number of nitrogens with one attached hydrogen (secondary N) is 1. The molecule has 0 spiro atoms. The second kappa shape index (κ2) is 7.03. The van der Waals surface area contributed by atoms with Crippen molar-refractivity contribution >= 4 is 34.4 Å². The molecule has 1 unspecified atom stereocenters. The quantitative estimate of drug-likeness (QED) is 0.668. The van der Waals surface area contributed by atoms with Crippen LogP contribution < -0.4 is 5.32 Å². The second-order valence-corrected chi connectivity index (χ2v) is 7.04. The number of amides is 1. The van der Waals surface area contributed by atoms with Gasteiger partial charge in [-0.25, -0.2) is 4.98 Å². The molecule has 0 aliphatic heterocycles. The fourth-order valence-corrected chi connectivity index (χ4v) is 3.40. The molecule has 0 saturated heterocycles. The van der Waals surface area contributed by atoms with Crippen molar-refractivity contribution in [2.45, 2.75) is 23.5 Å². The lowest BCUT2D eigenvalue weighted by molar-refractivity contribution is -0.137. The number of hydrogen-bond donors (Lipinski definition) is 1. The summed E-state index contributed by atoms with van der Waals surface area (Å²) in [7, 11) is 1.83. The number of halogens is 3. The number of rotatable bonds is 4. The number of fused-ring (bicyclic) bond motifs is 1. The summed E-state index contributed by atoms with van der Waals surface area (Å²) in [5.74, 6) is -0.515. The van der Waals surface area contributed by atoms with Crippen LogP contribution in [0.25, 0.3) is 11.0 Å². The van der Waals surface area contributed by atoms with E-state index in [2.05, 4.69) is 10.3 Å². The van der Waals surface area contributed by atoms with Crippen LogP contribution in [-0.2, 0) is 18.0 Å². The highest BCUT2D eigenvalue weighted by Gasteiger charge is 2.34. The molecule has 0 fully saturated rings. The number of hydrogen-bond acceptors (Lipinski definition) is 3. The summed E-state index contributed by atoms with van der Waals surface area (Å²) in [6.07, 6.45) is -4.53. The van der Waals surface area contributed by atoms with Crippen molar-refractivity contribution in [3.05, 3.63) is 54.1 Å². The first kappa shape index (κ1) is 18.3. The maximum atomic E-state index is 13.0. The number of imidazole rings is 1. The van der Waals surface area contributed by atoms with Crippen molar-refractivity contribution < 1.29 is 18.0 Å². The van der Waals surface area contributed by atoms with Gasteiger partial charge in [0.1, 0.15) is 0 Å². The van der Waals surface area contributed by atoms with Crippen LogP contribution in [0.15, 0.2) is 53.7 Å². The minimum atomic E-state index is -4.53. The lowest BCUT2D eigenvalue weighted by atomic mass is 10.1. The number of aryl methyl sites for hydroxylation is 1. The van der Waals surface area contributed by atoms with Gasteiger partial charge in [-0.3, -0.25) is 4.79 Å². The summed E-state index contributed by atoms with van der Waals surface area (Å²) in [4.78, 5) is 16.9. The molecular formula is C18H16F3N3OS. The van der Waals surface area contributed by atoms with E-state index in [1.165, 1.54) is 30.0 Å². The summed E-state index contributed by atoms with van der Waals surface area (Å²) in [6, 6.07) is 12.5. The second-order valence-electron chi connectivity index (χ2n) is 5.73. The van der Waals surface area contributed by atoms with E-state index in [-0.39, 0.29) is 5.69 Å². The molecule has 0 bridgehead atoms. The molecule has 3 rings (SSSR count). The van der Waals surface area contributed by atoms with Crippen LogP contribution in [0.4, 0.5) is 18.9 Å². The van der Waals surface area contributed by atoms with Crippen molar-refractivity contribution in [3.63, 3.8) is 0 Å². The van der Waals surface area contributed by atoms with Gasteiger partial charge in [0, 0.05) is 7.05 Å². The van der Waals surface area contributed by atoms with Gasteiger partial charge in [0.2, 0.25) is 5.91 Å².